The zero-order chi connectivity index (χ0) is 24.5. The lowest BCUT2D eigenvalue weighted by molar-refractivity contribution is 0.156. The Morgan fingerprint density at radius 2 is 1.55 bits per heavy atom. The fourth-order valence-corrected chi connectivity index (χ4v) is 3.77. The van der Waals surface area contributed by atoms with Crippen LogP contribution in [0.2, 0.25) is 0 Å². The summed E-state index contributed by atoms with van der Waals surface area (Å²) in [6.07, 6.45) is 8.56. The maximum atomic E-state index is 8.84. The number of ether oxygens (including phenoxy) is 2. The maximum absolute atomic E-state index is 8.84. The van der Waals surface area contributed by atoms with Crippen molar-refractivity contribution in [3.8, 4) is 17.6 Å². The summed E-state index contributed by atoms with van der Waals surface area (Å²) in [6, 6.07) is 18.4. The smallest absolute Gasteiger partial charge is 0.127 e. The minimum Gasteiger partial charge on any atom is -0.499 e. The van der Waals surface area contributed by atoms with Crippen molar-refractivity contribution in [2.24, 2.45) is 0 Å². The highest BCUT2D eigenvalue weighted by Crippen LogP contribution is 2.25. The number of benzene rings is 2. The summed E-state index contributed by atoms with van der Waals surface area (Å²) >= 11 is 0. The molecule has 1 saturated carbocycles. The molecule has 1 aliphatic rings. The van der Waals surface area contributed by atoms with Crippen LogP contribution in [-0.4, -0.2) is 23.6 Å². The van der Waals surface area contributed by atoms with E-state index in [1.165, 1.54) is 43.9 Å². The lowest BCUT2D eigenvalue weighted by Gasteiger charge is -2.33. The van der Waals surface area contributed by atoms with Crippen LogP contribution in [0.3, 0.4) is 0 Å². The molecule has 0 heterocycles. The molecule has 2 aromatic rings. The van der Waals surface area contributed by atoms with Crippen molar-refractivity contribution in [2.45, 2.75) is 85.4 Å². The molecule has 180 valence electrons. The fourth-order valence-electron chi connectivity index (χ4n) is 3.77. The van der Waals surface area contributed by atoms with Crippen molar-refractivity contribution >= 4 is 0 Å². The Labute approximate surface area is 201 Å². The van der Waals surface area contributed by atoms with Crippen LogP contribution in [-0.2, 0) is 11.3 Å². The van der Waals surface area contributed by atoms with Gasteiger partial charge in [-0.15, -0.1) is 0 Å². The molecule has 4 nitrogen and oxygen atoms in total. The molecule has 0 saturated heterocycles. The Morgan fingerprint density at radius 1 is 1.00 bits per heavy atom. The van der Waals surface area contributed by atoms with E-state index in [1.807, 2.05) is 52.0 Å². The van der Waals surface area contributed by atoms with Gasteiger partial charge in [0.1, 0.15) is 11.5 Å². The van der Waals surface area contributed by atoms with Gasteiger partial charge in [-0.3, -0.25) is 4.90 Å². The molecule has 0 N–H and O–H groups in total. The van der Waals surface area contributed by atoms with Crippen LogP contribution in [0.5, 0.6) is 11.5 Å². The first-order valence-corrected chi connectivity index (χ1v) is 12.3. The van der Waals surface area contributed by atoms with Gasteiger partial charge in [0.2, 0.25) is 0 Å². The van der Waals surface area contributed by atoms with Crippen LogP contribution in [0.25, 0.3) is 0 Å². The quantitative estimate of drug-likeness (QED) is 0.381. The Hall–Kier alpha value is -2.77. The van der Waals surface area contributed by atoms with E-state index in [9.17, 15) is 0 Å². The van der Waals surface area contributed by atoms with Crippen LogP contribution in [0.15, 0.2) is 61.4 Å². The summed E-state index contributed by atoms with van der Waals surface area (Å²) in [7, 11) is 0. The summed E-state index contributed by atoms with van der Waals surface area (Å²) in [5.41, 5.74) is 1.98. The molecule has 0 aliphatic heterocycles. The second-order valence-corrected chi connectivity index (χ2v) is 8.09. The normalized spacial score (nSPS) is 13.2. The molecule has 0 unspecified atom stereocenters. The molecule has 3 rings (SSSR count). The first-order valence-electron chi connectivity index (χ1n) is 12.3. The van der Waals surface area contributed by atoms with Crippen LogP contribution in [0, 0.1) is 11.3 Å². The Bertz CT molecular complexity index is 801. The summed E-state index contributed by atoms with van der Waals surface area (Å²) in [4.78, 5) is 2.61. The van der Waals surface area contributed by atoms with E-state index in [2.05, 4.69) is 36.6 Å². The lowest BCUT2D eigenvalue weighted by Crippen LogP contribution is -2.36. The van der Waals surface area contributed by atoms with Gasteiger partial charge in [-0.2, -0.15) is 5.26 Å². The Kier molecular flexibility index (Phi) is 14.4. The molecule has 0 bridgehead atoms. The number of nitriles is 1. The van der Waals surface area contributed by atoms with Crippen molar-refractivity contribution in [3.63, 3.8) is 0 Å². The number of hydrogen-bond acceptors (Lipinski definition) is 4. The molecule has 0 atom stereocenters. The van der Waals surface area contributed by atoms with Gasteiger partial charge in [0, 0.05) is 12.6 Å². The van der Waals surface area contributed by atoms with Crippen molar-refractivity contribution in [2.75, 3.05) is 6.54 Å². The van der Waals surface area contributed by atoms with Gasteiger partial charge in [0.05, 0.1) is 24.0 Å². The summed E-state index contributed by atoms with van der Waals surface area (Å²) < 4.78 is 10.7. The second-order valence-electron chi connectivity index (χ2n) is 8.09. The zero-order valence-electron chi connectivity index (χ0n) is 21.2. The average Bonchev–Trinajstić information content (AvgIpc) is 2.86. The third-order valence-electron chi connectivity index (χ3n) is 5.39. The third-order valence-corrected chi connectivity index (χ3v) is 5.39. The minimum absolute atomic E-state index is 0.280. The summed E-state index contributed by atoms with van der Waals surface area (Å²) in [5, 5.41) is 8.84. The number of hydrogen-bond donors (Lipinski definition) is 0. The van der Waals surface area contributed by atoms with Gasteiger partial charge in [-0.1, -0.05) is 58.7 Å². The molecule has 1 fully saturated rings. The molecule has 4 heteroatoms. The molecule has 1 aliphatic carbocycles. The molecule has 0 aromatic heterocycles. The number of nitrogens with zero attached hydrogens (tertiary/aromatic N) is 2. The van der Waals surface area contributed by atoms with E-state index in [0.717, 1.165) is 30.6 Å². The number of rotatable bonds is 8. The summed E-state index contributed by atoms with van der Waals surface area (Å²) in [6.45, 7) is 15.7. The van der Waals surface area contributed by atoms with Gasteiger partial charge >= 0.3 is 0 Å². The molecule has 33 heavy (non-hydrogen) atoms. The van der Waals surface area contributed by atoms with E-state index in [1.54, 1.807) is 12.1 Å². The van der Waals surface area contributed by atoms with Gasteiger partial charge in [-0.25, -0.2) is 0 Å². The highest BCUT2D eigenvalue weighted by Gasteiger charge is 2.19. The first kappa shape index (κ1) is 28.3. The highest BCUT2D eigenvalue weighted by atomic mass is 16.5. The Morgan fingerprint density at radius 3 is 1.97 bits per heavy atom. The molecule has 0 amide bonds. The average molecular weight is 451 g/mol. The molecule has 2 aromatic carbocycles. The SMILES string of the molecule is C=COC(C)C.CC.CCN(Cc1ccc(Oc2ccc(C#N)cc2)cc1)C1CCCCC1. The Balaban J connectivity index is 0.000000593. The van der Waals surface area contributed by atoms with Crippen molar-refractivity contribution < 1.29 is 9.47 Å². The van der Waals surface area contributed by atoms with Crippen LogP contribution in [0.1, 0.15) is 77.8 Å². The van der Waals surface area contributed by atoms with Crippen molar-refractivity contribution in [1.82, 2.24) is 4.90 Å². The topological polar surface area (TPSA) is 45.5 Å². The zero-order valence-corrected chi connectivity index (χ0v) is 21.2. The monoisotopic (exact) mass is 450 g/mol. The van der Waals surface area contributed by atoms with E-state index in [4.69, 9.17) is 14.7 Å². The van der Waals surface area contributed by atoms with E-state index in [0.29, 0.717) is 5.56 Å². The first-order chi connectivity index (χ1) is 16.0. The molecular weight excluding hydrogens is 408 g/mol. The van der Waals surface area contributed by atoms with Crippen LogP contribution in [0.4, 0.5) is 0 Å². The predicted octanol–water partition coefficient (Wildman–Crippen LogP) is 8.09. The van der Waals surface area contributed by atoms with E-state index in [-0.39, 0.29) is 6.10 Å². The van der Waals surface area contributed by atoms with Crippen LogP contribution >= 0.6 is 0 Å². The molecular formula is C29H42N2O2. The lowest BCUT2D eigenvalue weighted by atomic mass is 9.94. The largest absolute Gasteiger partial charge is 0.499 e. The van der Waals surface area contributed by atoms with Crippen molar-refractivity contribution in [1.29, 1.82) is 5.26 Å². The van der Waals surface area contributed by atoms with Gasteiger partial charge in [-0.05, 0) is 75.2 Å². The molecule has 0 spiro atoms. The van der Waals surface area contributed by atoms with Gasteiger partial charge in [0.15, 0.2) is 0 Å². The third kappa shape index (κ3) is 11.1. The standard InChI is InChI=1S/C22H26N2O.C5H10O.C2H6/c1-2-24(20-6-4-3-5-7-20)17-19-10-14-22(15-11-19)25-21-12-8-18(16-23)9-13-21;1-4-6-5(2)3;1-2/h8-15,20H,2-7,17H2,1H3;4-5H,1H2,2-3H3;1-2H3. The van der Waals surface area contributed by atoms with E-state index >= 15 is 0 Å². The minimum atomic E-state index is 0.280. The van der Waals surface area contributed by atoms with Crippen molar-refractivity contribution in [3.05, 3.63) is 72.5 Å². The van der Waals surface area contributed by atoms with Crippen LogP contribution < -0.4 is 4.74 Å². The van der Waals surface area contributed by atoms with Gasteiger partial charge in [0.25, 0.3) is 0 Å². The fraction of sp³-hybridized carbons (Fsp3) is 0.483. The highest BCUT2D eigenvalue weighted by molar-refractivity contribution is 5.37. The molecule has 0 radical (unpaired) electrons. The van der Waals surface area contributed by atoms with E-state index < -0.39 is 0 Å². The second kappa shape index (κ2) is 16.8. The van der Waals surface area contributed by atoms with Gasteiger partial charge < -0.3 is 9.47 Å². The maximum Gasteiger partial charge on any atom is 0.127 e. The summed E-state index contributed by atoms with van der Waals surface area (Å²) in [5.74, 6) is 1.58. The predicted molar refractivity (Wildman–Crippen MR) is 138 cm³/mol.